The molecule has 1 amide bonds. The van der Waals surface area contributed by atoms with Crippen molar-refractivity contribution in [1.82, 2.24) is 10.2 Å². The molecule has 0 bridgehead atoms. The van der Waals surface area contributed by atoms with Crippen LogP contribution >= 0.6 is 0 Å². The van der Waals surface area contributed by atoms with Crippen molar-refractivity contribution in [3.8, 4) is 0 Å². The van der Waals surface area contributed by atoms with Crippen molar-refractivity contribution in [3.63, 3.8) is 0 Å². The van der Waals surface area contributed by atoms with Crippen molar-refractivity contribution in [2.24, 2.45) is 0 Å². The average Bonchev–Trinajstić information content (AvgIpc) is 2.29. The zero-order valence-corrected chi connectivity index (χ0v) is 9.59. The third-order valence-corrected chi connectivity index (χ3v) is 3.58. The molecule has 2 rings (SSSR count). The van der Waals surface area contributed by atoms with E-state index in [1.54, 1.807) is 4.90 Å². The second-order valence-electron chi connectivity index (χ2n) is 4.78. The second kappa shape index (κ2) is 4.84. The zero-order valence-electron chi connectivity index (χ0n) is 9.59. The lowest BCUT2D eigenvalue weighted by atomic mass is 9.97. The number of hydrogen-bond acceptors (Lipinski definition) is 2. The van der Waals surface area contributed by atoms with Crippen LogP contribution in [0.15, 0.2) is 0 Å². The normalized spacial score (nSPS) is 31.7. The molecule has 2 atom stereocenters. The van der Waals surface area contributed by atoms with Gasteiger partial charge in [0, 0.05) is 25.6 Å². The number of rotatable bonds is 1. The number of carbonyl (C=O) groups is 1. The Labute approximate surface area is 98.3 Å². The molecule has 6 heteroatoms. The number of nitrogens with one attached hydrogen (secondary N) is 1. The maximum absolute atomic E-state index is 12.4. The number of hydrogen-bond donors (Lipinski definition) is 1. The fraction of sp³-hybridized carbons (Fsp3) is 0.909. The van der Waals surface area contributed by atoms with Crippen molar-refractivity contribution >= 4 is 5.91 Å². The Morgan fingerprint density at radius 3 is 2.53 bits per heavy atom. The number of likely N-dealkylation sites (tertiary alicyclic amines) is 1. The summed E-state index contributed by atoms with van der Waals surface area (Å²) in [7, 11) is 0. The maximum Gasteiger partial charge on any atom is 0.403 e. The Bertz CT molecular complexity index is 285. The molecule has 2 heterocycles. The topological polar surface area (TPSA) is 32.3 Å². The first-order chi connectivity index (χ1) is 7.98. The maximum atomic E-state index is 12.4. The summed E-state index contributed by atoms with van der Waals surface area (Å²) in [6, 6.07) is -1.46. The molecule has 17 heavy (non-hydrogen) atoms. The monoisotopic (exact) mass is 250 g/mol. The van der Waals surface area contributed by atoms with Gasteiger partial charge in [0.2, 0.25) is 5.91 Å². The molecule has 1 N–H and O–H groups in total. The van der Waals surface area contributed by atoms with Gasteiger partial charge in [-0.2, -0.15) is 13.2 Å². The van der Waals surface area contributed by atoms with Crippen LogP contribution in [-0.4, -0.2) is 42.2 Å². The minimum atomic E-state index is -4.17. The molecule has 0 aliphatic carbocycles. The van der Waals surface area contributed by atoms with E-state index in [1.165, 1.54) is 0 Å². The van der Waals surface area contributed by atoms with Crippen LogP contribution in [0, 0.1) is 0 Å². The number of alkyl halides is 3. The van der Waals surface area contributed by atoms with E-state index in [-0.39, 0.29) is 24.9 Å². The molecule has 2 unspecified atom stereocenters. The molecular weight excluding hydrogens is 233 g/mol. The van der Waals surface area contributed by atoms with E-state index in [1.807, 2.05) is 0 Å². The summed E-state index contributed by atoms with van der Waals surface area (Å²) in [5.41, 5.74) is 0. The molecule has 0 aromatic carbocycles. The van der Waals surface area contributed by atoms with Gasteiger partial charge in [0.15, 0.2) is 0 Å². The third kappa shape index (κ3) is 2.91. The molecule has 0 aromatic heterocycles. The lowest BCUT2D eigenvalue weighted by Crippen LogP contribution is -2.56. The van der Waals surface area contributed by atoms with E-state index in [0.29, 0.717) is 19.4 Å². The molecule has 0 aromatic rings. The predicted molar refractivity (Wildman–Crippen MR) is 56.4 cm³/mol. The standard InChI is InChI=1S/C11H17F3N2O/c12-11(13,14)9-5-4-8(7-15-9)16-6-2-1-3-10(16)17/h8-9,15H,1-7H2. The molecule has 3 nitrogen and oxygen atoms in total. The third-order valence-electron chi connectivity index (χ3n) is 3.58. The van der Waals surface area contributed by atoms with Gasteiger partial charge in [-0.25, -0.2) is 0 Å². The van der Waals surface area contributed by atoms with E-state index in [4.69, 9.17) is 0 Å². The minimum absolute atomic E-state index is 0.0543. The first kappa shape index (κ1) is 12.7. The first-order valence-corrected chi connectivity index (χ1v) is 6.08. The zero-order chi connectivity index (χ0) is 12.5. The Kier molecular flexibility index (Phi) is 3.61. The van der Waals surface area contributed by atoms with Crippen molar-refractivity contribution in [2.45, 2.75) is 50.4 Å². The number of carbonyl (C=O) groups excluding carboxylic acids is 1. The average molecular weight is 250 g/mol. The van der Waals surface area contributed by atoms with Gasteiger partial charge in [-0.05, 0) is 25.7 Å². The van der Waals surface area contributed by atoms with Gasteiger partial charge in [0.05, 0.1) is 0 Å². The molecule has 0 saturated carbocycles. The van der Waals surface area contributed by atoms with Crippen LogP contribution in [0.5, 0.6) is 0 Å². The van der Waals surface area contributed by atoms with Crippen LogP contribution in [0.1, 0.15) is 32.1 Å². The quantitative estimate of drug-likeness (QED) is 0.768. The summed E-state index contributed by atoms with van der Waals surface area (Å²) in [5.74, 6) is 0.0912. The van der Waals surface area contributed by atoms with Gasteiger partial charge in [0.25, 0.3) is 0 Å². The molecule has 98 valence electrons. The molecule has 2 saturated heterocycles. The summed E-state index contributed by atoms with van der Waals surface area (Å²) in [6.07, 6.45) is -1.25. The van der Waals surface area contributed by atoms with Gasteiger partial charge in [0.1, 0.15) is 6.04 Å². The number of nitrogens with zero attached hydrogens (tertiary/aromatic N) is 1. The van der Waals surface area contributed by atoms with E-state index in [0.717, 1.165) is 12.8 Å². The van der Waals surface area contributed by atoms with Crippen molar-refractivity contribution in [3.05, 3.63) is 0 Å². The largest absolute Gasteiger partial charge is 0.403 e. The Morgan fingerprint density at radius 1 is 1.24 bits per heavy atom. The van der Waals surface area contributed by atoms with E-state index in [2.05, 4.69) is 5.32 Å². The Morgan fingerprint density at radius 2 is 2.00 bits per heavy atom. The van der Waals surface area contributed by atoms with Crippen LogP contribution in [0.4, 0.5) is 13.2 Å². The van der Waals surface area contributed by atoms with Crippen LogP contribution in [-0.2, 0) is 4.79 Å². The molecule has 2 aliphatic heterocycles. The highest BCUT2D eigenvalue weighted by atomic mass is 19.4. The Hall–Kier alpha value is -0.780. The van der Waals surface area contributed by atoms with Crippen LogP contribution < -0.4 is 5.32 Å². The van der Waals surface area contributed by atoms with Crippen LogP contribution in [0.3, 0.4) is 0 Å². The van der Waals surface area contributed by atoms with Crippen LogP contribution in [0.2, 0.25) is 0 Å². The van der Waals surface area contributed by atoms with Crippen molar-refractivity contribution < 1.29 is 18.0 Å². The minimum Gasteiger partial charge on any atom is -0.338 e. The fourth-order valence-electron chi connectivity index (χ4n) is 2.60. The molecule has 0 spiro atoms. The van der Waals surface area contributed by atoms with Crippen molar-refractivity contribution in [2.75, 3.05) is 13.1 Å². The highest BCUT2D eigenvalue weighted by Crippen LogP contribution is 2.28. The number of amides is 1. The second-order valence-corrected chi connectivity index (χ2v) is 4.78. The smallest absolute Gasteiger partial charge is 0.338 e. The highest BCUT2D eigenvalue weighted by molar-refractivity contribution is 5.77. The summed E-state index contributed by atoms with van der Waals surface area (Å²) in [6.45, 7) is 0.956. The number of piperidine rings is 2. The molecule has 2 fully saturated rings. The van der Waals surface area contributed by atoms with Gasteiger partial charge >= 0.3 is 6.18 Å². The fourth-order valence-corrected chi connectivity index (χ4v) is 2.60. The highest BCUT2D eigenvalue weighted by Gasteiger charge is 2.42. The van der Waals surface area contributed by atoms with E-state index in [9.17, 15) is 18.0 Å². The Balaban J connectivity index is 1.88. The van der Waals surface area contributed by atoms with Crippen molar-refractivity contribution in [1.29, 1.82) is 0 Å². The SMILES string of the molecule is O=C1CCCCN1C1CCC(C(F)(F)F)NC1. The van der Waals surface area contributed by atoms with Gasteiger partial charge in [-0.3, -0.25) is 4.79 Å². The van der Waals surface area contributed by atoms with Crippen LogP contribution in [0.25, 0.3) is 0 Å². The van der Waals surface area contributed by atoms with E-state index < -0.39 is 12.2 Å². The molecular formula is C11H17F3N2O. The number of halogens is 3. The summed E-state index contributed by atoms with van der Waals surface area (Å²) in [5, 5.41) is 2.51. The summed E-state index contributed by atoms with van der Waals surface area (Å²) in [4.78, 5) is 13.4. The molecule has 2 aliphatic rings. The van der Waals surface area contributed by atoms with Gasteiger partial charge < -0.3 is 10.2 Å². The lowest BCUT2D eigenvalue weighted by Gasteiger charge is -2.39. The van der Waals surface area contributed by atoms with Gasteiger partial charge in [-0.1, -0.05) is 0 Å². The predicted octanol–water partition coefficient (Wildman–Crippen LogP) is 1.68. The summed E-state index contributed by atoms with van der Waals surface area (Å²) < 4.78 is 37.3. The summed E-state index contributed by atoms with van der Waals surface area (Å²) >= 11 is 0. The molecule has 0 radical (unpaired) electrons. The first-order valence-electron chi connectivity index (χ1n) is 6.08. The lowest BCUT2D eigenvalue weighted by molar-refractivity contribution is -0.163. The van der Waals surface area contributed by atoms with Gasteiger partial charge in [-0.15, -0.1) is 0 Å². The van der Waals surface area contributed by atoms with E-state index >= 15 is 0 Å².